The molecule has 30 heavy (non-hydrogen) atoms. The third-order valence-corrected chi connectivity index (χ3v) is 4.88. The van der Waals surface area contributed by atoms with Crippen LogP contribution in [0.15, 0.2) is 53.7 Å². The van der Waals surface area contributed by atoms with Crippen LogP contribution in [0.1, 0.15) is 17.3 Å². The summed E-state index contributed by atoms with van der Waals surface area (Å²) in [7, 11) is 1.59. The van der Waals surface area contributed by atoms with E-state index in [1.807, 2.05) is 30.5 Å². The molecule has 2 aromatic rings. The van der Waals surface area contributed by atoms with Gasteiger partial charge in [-0.25, -0.2) is 4.98 Å². The maximum Gasteiger partial charge on any atom is 0.251 e. The molecule has 0 bridgehead atoms. The van der Waals surface area contributed by atoms with Crippen LogP contribution in [-0.2, 0) is 0 Å². The predicted molar refractivity (Wildman–Crippen MR) is 119 cm³/mol. The first-order chi connectivity index (χ1) is 14.7. The summed E-state index contributed by atoms with van der Waals surface area (Å²) in [5.41, 5.74) is 0.580. The molecule has 1 aliphatic heterocycles. The zero-order valence-corrected chi connectivity index (χ0v) is 17.7. The number of amides is 1. The molecule has 2 N–H and O–H groups in total. The van der Waals surface area contributed by atoms with Crippen LogP contribution in [0.5, 0.6) is 5.75 Å². The molecule has 1 aromatic heterocycles. The summed E-state index contributed by atoms with van der Waals surface area (Å²) in [6.07, 6.45) is 1.83. The Morgan fingerprint density at radius 2 is 1.97 bits per heavy atom. The Balaban J connectivity index is 1.49. The fourth-order valence-corrected chi connectivity index (χ4v) is 3.31. The van der Waals surface area contributed by atoms with E-state index in [1.54, 1.807) is 25.3 Å². The van der Waals surface area contributed by atoms with Crippen molar-refractivity contribution in [1.29, 1.82) is 0 Å². The number of pyridine rings is 1. The number of ether oxygens (including phenoxy) is 1. The minimum atomic E-state index is -0.127. The second kappa shape index (κ2) is 11.0. The first-order valence-electron chi connectivity index (χ1n) is 10.3. The zero-order chi connectivity index (χ0) is 21.2. The van der Waals surface area contributed by atoms with Crippen molar-refractivity contribution >= 4 is 17.7 Å². The number of rotatable bonds is 7. The van der Waals surface area contributed by atoms with Crippen molar-refractivity contribution in [2.45, 2.75) is 6.92 Å². The number of hydrogen-bond acceptors (Lipinski definition) is 5. The Morgan fingerprint density at radius 3 is 2.67 bits per heavy atom. The summed E-state index contributed by atoms with van der Waals surface area (Å²) in [5, 5.41) is 6.27. The summed E-state index contributed by atoms with van der Waals surface area (Å²) in [4.78, 5) is 26.0. The first-order valence-corrected chi connectivity index (χ1v) is 10.3. The minimum Gasteiger partial charge on any atom is -0.497 e. The summed E-state index contributed by atoms with van der Waals surface area (Å²) in [6, 6.07) is 13.1. The van der Waals surface area contributed by atoms with E-state index in [0.29, 0.717) is 24.4 Å². The predicted octanol–water partition coefficient (Wildman–Crippen LogP) is 1.61. The van der Waals surface area contributed by atoms with Gasteiger partial charge in [0.25, 0.3) is 5.91 Å². The summed E-state index contributed by atoms with van der Waals surface area (Å²) in [5.74, 6) is 2.44. The highest BCUT2D eigenvalue weighted by molar-refractivity contribution is 5.94. The largest absolute Gasteiger partial charge is 0.497 e. The number of aliphatic imine (C=N–C) groups is 1. The van der Waals surface area contributed by atoms with Crippen LogP contribution >= 0.6 is 0 Å². The van der Waals surface area contributed by atoms with E-state index in [9.17, 15) is 4.79 Å². The summed E-state index contributed by atoms with van der Waals surface area (Å²) >= 11 is 0. The monoisotopic (exact) mass is 410 g/mol. The Kier molecular flexibility index (Phi) is 7.88. The van der Waals surface area contributed by atoms with Crippen LogP contribution in [0.4, 0.5) is 5.82 Å². The number of benzene rings is 1. The third kappa shape index (κ3) is 5.85. The number of guanidine groups is 1. The molecule has 0 aliphatic carbocycles. The van der Waals surface area contributed by atoms with Crippen molar-refractivity contribution in [2.75, 3.05) is 57.8 Å². The molecule has 1 amide bonds. The molecule has 0 unspecified atom stereocenters. The van der Waals surface area contributed by atoms with Gasteiger partial charge in [0.05, 0.1) is 13.7 Å². The fraction of sp³-hybridized carbons (Fsp3) is 0.409. The van der Waals surface area contributed by atoms with Crippen LogP contribution in [0.3, 0.4) is 0 Å². The van der Waals surface area contributed by atoms with Gasteiger partial charge in [0, 0.05) is 51.0 Å². The Labute approximate surface area is 178 Å². The molecule has 0 radical (unpaired) electrons. The number of anilines is 1. The van der Waals surface area contributed by atoms with Gasteiger partial charge in [-0.2, -0.15) is 0 Å². The second-order valence-electron chi connectivity index (χ2n) is 6.89. The minimum absolute atomic E-state index is 0.127. The average Bonchev–Trinajstić information content (AvgIpc) is 2.81. The van der Waals surface area contributed by atoms with Gasteiger partial charge >= 0.3 is 0 Å². The molecular formula is C22H30N6O2. The molecule has 2 heterocycles. The molecule has 1 saturated heterocycles. The van der Waals surface area contributed by atoms with Crippen molar-refractivity contribution in [3.8, 4) is 5.75 Å². The normalized spacial score (nSPS) is 14.4. The lowest BCUT2D eigenvalue weighted by Crippen LogP contribution is -2.52. The summed E-state index contributed by atoms with van der Waals surface area (Å²) < 4.78 is 5.17. The quantitative estimate of drug-likeness (QED) is 0.410. The SMILES string of the molecule is CCNC(=NCCNC(=O)c1cccc(OC)c1)N1CCN(c2ccccn2)CC1. The topological polar surface area (TPSA) is 82.1 Å². The van der Waals surface area contributed by atoms with E-state index in [-0.39, 0.29) is 5.91 Å². The highest BCUT2D eigenvalue weighted by atomic mass is 16.5. The van der Waals surface area contributed by atoms with Crippen molar-refractivity contribution in [2.24, 2.45) is 4.99 Å². The van der Waals surface area contributed by atoms with Gasteiger partial charge in [0.2, 0.25) is 0 Å². The molecule has 3 rings (SSSR count). The Hall–Kier alpha value is -3.29. The fourth-order valence-electron chi connectivity index (χ4n) is 3.31. The van der Waals surface area contributed by atoms with Crippen molar-refractivity contribution in [3.05, 3.63) is 54.2 Å². The Morgan fingerprint density at radius 1 is 1.13 bits per heavy atom. The van der Waals surface area contributed by atoms with Crippen LogP contribution in [0.25, 0.3) is 0 Å². The van der Waals surface area contributed by atoms with Gasteiger partial charge in [-0.3, -0.25) is 9.79 Å². The van der Waals surface area contributed by atoms with Gasteiger partial charge in [-0.05, 0) is 37.3 Å². The van der Waals surface area contributed by atoms with Gasteiger partial charge in [0.1, 0.15) is 11.6 Å². The first kappa shape index (κ1) is 21.4. The van der Waals surface area contributed by atoms with Gasteiger partial charge in [0.15, 0.2) is 5.96 Å². The lowest BCUT2D eigenvalue weighted by molar-refractivity contribution is 0.0954. The molecule has 8 heteroatoms. The van der Waals surface area contributed by atoms with E-state index in [0.717, 1.165) is 44.5 Å². The number of carbonyl (C=O) groups is 1. The average molecular weight is 411 g/mol. The van der Waals surface area contributed by atoms with Crippen molar-refractivity contribution in [1.82, 2.24) is 20.5 Å². The van der Waals surface area contributed by atoms with Gasteiger partial charge < -0.3 is 25.2 Å². The van der Waals surface area contributed by atoms with E-state index in [1.165, 1.54) is 0 Å². The molecule has 1 fully saturated rings. The molecule has 160 valence electrons. The number of hydrogen-bond donors (Lipinski definition) is 2. The van der Waals surface area contributed by atoms with Gasteiger partial charge in [-0.1, -0.05) is 12.1 Å². The van der Waals surface area contributed by atoms with E-state index >= 15 is 0 Å². The van der Waals surface area contributed by atoms with E-state index in [4.69, 9.17) is 9.73 Å². The molecule has 0 spiro atoms. The van der Waals surface area contributed by atoms with Crippen molar-refractivity contribution in [3.63, 3.8) is 0 Å². The number of piperazine rings is 1. The molecule has 0 saturated carbocycles. The third-order valence-electron chi connectivity index (χ3n) is 4.88. The molecular weight excluding hydrogens is 380 g/mol. The van der Waals surface area contributed by atoms with Crippen LogP contribution in [-0.4, -0.2) is 74.7 Å². The van der Waals surface area contributed by atoms with Crippen LogP contribution in [0.2, 0.25) is 0 Å². The highest BCUT2D eigenvalue weighted by Gasteiger charge is 2.20. The number of methoxy groups -OCH3 is 1. The van der Waals surface area contributed by atoms with Crippen molar-refractivity contribution < 1.29 is 9.53 Å². The van der Waals surface area contributed by atoms with Gasteiger partial charge in [-0.15, -0.1) is 0 Å². The molecule has 1 aliphatic rings. The number of carbonyl (C=O) groups excluding carboxylic acids is 1. The van der Waals surface area contributed by atoms with Crippen LogP contribution in [0, 0.1) is 0 Å². The smallest absolute Gasteiger partial charge is 0.251 e. The zero-order valence-electron chi connectivity index (χ0n) is 17.7. The Bertz CT molecular complexity index is 835. The summed E-state index contributed by atoms with van der Waals surface area (Å²) in [6.45, 7) is 7.39. The number of nitrogens with zero attached hydrogens (tertiary/aromatic N) is 4. The second-order valence-corrected chi connectivity index (χ2v) is 6.89. The molecule has 1 aromatic carbocycles. The molecule has 0 atom stereocenters. The molecule has 8 nitrogen and oxygen atoms in total. The van der Waals surface area contributed by atoms with E-state index < -0.39 is 0 Å². The lowest BCUT2D eigenvalue weighted by atomic mass is 10.2. The van der Waals surface area contributed by atoms with E-state index in [2.05, 4.69) is 32.3 Å². The number of nitrogens with one attached hydrogen (secondary N) is 2. The standard InChI is InChI=1S/C22H30N6O2/c1-3-23-22(28-15-13-27(14-16-28)20-9-4-5-10-24-20)26-12-11-25-21(29)18-7-6-8-19(17-18)30-2/h4-10,17H,3,11-16H2,1-2H3,(H,23,26)(H,25,29). The number of aromatic nitrogens is 1. The lowest BCUT2D eigenvalue weighted by Gasteiger charge is -2.37. The van der Waals surface area contributed by atoms with Crippen LogP contribution < -0.4 is 20.3 Å². The highest BCUT2D eigenvalue weighted by Crippen LogP contribution is 2.13. The maximum absolute atomic E-state index is 12.3. The maximum atomic E-state index is 12.3.